The zero-order valence-electron chi connectivity index (χ0n) is 11.1. The Morgan fingerprint density at radius 2 is 1.69 bits per heavy atom. The zero-order chi connectivity index (χ0) is 12.0. The lowest BCUT2D eigenvalue weighted by Crippen LogP contribution is -2.19. The van der Waals surface area contributed by atoms with Gasteiger partial charge in [0.05, 0.1) is 0 Å². The SMILES string of the molecule is CCCC(CCC)Nc1ccc(C)cc1C. The first-order valence-electron chi connectivity index (χ1n) is 6.51. The van der Waals surface area contributed by atoms with Crippen LogP contribution in [0.15, 0.2) is 18.2 Å². The Morgan fingerprint density at radius 3 is 2.19 bits per heavy atom. The van der Waals surface area contributed by atoms with E-state index < -0.39 is 0 Å². The van der Waals surface area contributed by atoms with E-state index in [4.69, 9.17) is 0 Å². The van der Waals surface area contributed by atoms with Crippen LogP contribution in [0.4, 0.5) is 5.69 Å². The molecular formula is C15H25N. The summed E-state index contributed by atoms with van der Waals surface area (Å²) < 4.78 is 0. The molecule has 1 heteroatoms. The number of rotatable bonds is 6. The number of nitrogens with one attached hydrogen (secondary N) is 1. The average Bonchev–Trinajstić information content (AvgIpc) is 2.23. The second-order valence-electron chi connectivity index (χ2n) is 4.74. The summed E-state index contributed by atoms with van der Waals surface area (Å²) in [6.07, 6.45) is 5.04. The van der Waals surface area contributed by atoms with Gasteiger partial charge >= 0.3 is 0 Å². The van der Waals surface area contributed by atoms with Gasteiger partial charge in [0.25, 0.3) is 0 Å². The molecule has 0 aliphatic rings. The van der Waals surface area contributed by atoms with E-state index in [1.807, 2.05) is 0 Å². The minimum Gasteiger partial charge on any atom is -0.382 e. The van der Waals surface area contributed by atoms with Gasteiger partial charge in [0, 0.05) is 11.7 Å². The highest BCUT2D eigenvalue weighted by Crippen LogP contribution is 2.19. The van der Waals surface area contributed by atoms with Crippen LogP contribution in [0.25, 0.3) is 0 Å². The minimum atomic E-state index is 0.636. The summed E-state index contributed by atoms with van der Waals surface area (Å²) in [5.41, 5.74) is 4.00. The third-order valence-electron chi connectivity index (χ3n) is 3.02. The molecule has 1 nitrogen and oxygen atoms in total. The van der Waals surface area contributed by atoms with Gasteiger partial charge in [0.2, 0.25) is 0 Å². The van der Waals surface area contributed by atoms with Crippen molar-refractivity contribution in [3.63, 3.8) is 0 Å². The van der Waals surface area contributed by atoms with Crippen LogP contribution in [0.2, 0.25) is 0 Å². The Morgan fingerprint density at radius 1 is 1.06 bits per heavy atom. The molecular weight excluding hydrogens is 194 g/mol. The van der Waals surface area contributed by atoms with Crippen molar-refractivity contribution < 1.29 is 0 Å². The molecule has 1 aromatic rings. The molecule has 1 aromatic carbocycles. The van der Waals surface area contributed by atoms with Gasteiger partial charge in [-0.2, -0.15) is 0 Å². The monoisotopic (exact) mass is 219 g/mol. The zero-order valence-corrected chi connectivity index (χ0v) is 11.1. The van der Waals surface area contributed by atoms with Crippen LogP contribution in [-0.2, 0) is 0 Å². The smallest absolute Gasteiger partial charge is 0.0372 e. The number of anilines is 1. The van der Waals surface area contributed by atoms with E-state index in [-0.39, 0.29) is 0 Å². The predicted octanol–water partition coefficient (Wildman–Crippen LogP) is 4.68. The third kappa shape index (κ3) is 3.88. The molecule has 0 heterocycles. The first-order valence-corrected chi connectivity index (χ1v) is 6.51. The Bertz CT molecular complexity index is 311. The van der Waals surface area contributed by atoms with Crippen molar-refractivity contribution in [2.24, 2.45) is 0 Å². The maximum atomic E-state index is 3.68. The van der Waals surface area contributed by atoms with E-state index in [9.17, 15) is 0 Å². The first-order chi connectivity index (χ1) is 7.67. The van der Waals surface area contributed by atoms with Gasteiger partial charge in [-0.25, -0.2) is 0 Å². The fraction of sp³-hybridized carbons (Fsp3) is 0.600. The fourth-order valence-corrected chi connectivity index (χ4v) is 2.18. The van der Waals surface area contributed by atoms with Crippen LogP contribution in [0, 0.1) is 13.8 Å². The van der Waals surface area contributed by atoms with E-state index in [1.54, 1.807) is 0 Å². The van der Waals surface area contributed by atoms with Crippen LogP contribution < -0.4 is 5.32 Å². The van der Waals surface area contributed by atoms with Crippen molar-refractivity contribution in [2.45, 2.75) is 59.4 Å². The molecule has 16 heavy (non-hydrogen) atoms. The van der Waals surface area contributed by atoms with Gasteiger partial charge in [-0.05, 0) is 38.3 Å². The van der Waals surface area contributed by atoms with E-state index in [1.165, 1.54) is 42.5 Å². The molecule has 0 bridgehead atoms. The molecule has 90 valence electrons. The van der Waals surface area contributed by atoms with Crippen molar-refractivity contribution in [2.75, 3.05) is 5.32 Å². The molecule has 1 rings (SSSR count). The largest absolute Gasteiger partial charge is 0.382 e. The van der Waals surface area contributed by atoms with Crippen molar-refractivity contribution in [3.05, 3.63) is 29.3 Å². The molecule has 0 spiro atoms. The van der Waals surface area contributed by atoms with Crippen LogP contribution in [-0.4, -0.2) is 6.04 Å². The summed E-state index contributed by atoms with van der Waals surface area (Å²) in [5.74, 6) is 0. The Balaban J connectivity index is 2.68. The summed E-state index contributed by atoms with van der Waals surface area (Å²) in [5, 5.41) is 3.68. The quantitative estimate of drug-likeness (QED) is 0.732. The molecule has 0 aliphatic carbocycles. The third-order valence-corrected chi connectivity index (χ3v) is 3.02. The topological polar surface area (TPSA) is 12.0 Å². The molecule has 0 radical (unpaired) electrons. The van der Waals surface area contributed by atoms with Crippen molar-refractivity contribution in [1.82, 2.24) is 0 Å². The highest BCUT2D eigenvalue weighted by Gasteiger charge is 2.07. The highest BCUT2D eigenvalue weighted by molar-refractivity contribution is 5.52. The van der Waals surface area contributed by atoms with Gasteiger partial charge in [-0.3, -0.25) is 0 Å². The summed E-state index contributed by atoms with van der Waals surface area (Å²) in [6.45, 7) is 8.84. The number of hydrogen-bond acceptors (Lipinski definition) is 1. The molecule has 0 saturated heterocycles. The summed E-state index contributed by atoms with van der Waals surface area (Å²) in [4.78, 5) is 0. The Hall–Kier alpha value is -0.980. The van der Waals surface area contributed by atoms with Crippen LogP contribution in [0.1, 0.15) is 50.7 Å². The lowest BCUT2D eigenvalue weighted by Gasteiger charge is -2.20. The Kier molecular flexibility index (Phi) is 5.37. The number of aryl methyl sites for hydroxylation is 2. The van der Waals surface area contributed by atoms with Crippen molar-refractivity contribution in [1.29, 1.82) is 0 Å². The molecule has 0 atom stereocenters. The lowest BCUT2D eigenvalue weighted by atomic mass is 10.0. The molecule has 0 saturated carbocycles. The number of hydrogen-bond donors (Lipinski definition) is 1. The van der Waals surface area contributed by atoms with Gasteiger partial charge < -0.3 is 5.32 Å². The summed E-state index contributed by atoms with van der Waals surface area (Å²) >= 11 is 0. The van der Waals surface area contributed by atoms with Gasteiger partial charge in [-0.1, -0.05) is 44.4 Å². The van der Waals surface area contributed by atoms with E-state index in [0.717, 1.165) is 0 Å². The molecule has 0 amide bonds. The van der Waals surface area contributed by atoms with Crippen LogP contribution >= 0.6 is 0 Å². The van der Waals surface area contributed by atoms with Crippen LogP contribution in [0.5, 0.6) is 0 Å². The minimum absolute atomic E-state index is 0.636. The standard InChI is InChI=1S/C15H25N/c1-5-7-14(8-6-2)16-15-10-9-12(3)11-13(15)4/h9-11,14,16H,5-8H2,1-4H3. The van der Waals surface area contributed by atoms with Gasteiger partial charge in [0.15, 0.2) is 0 Å². The molecule has 1 N–H and O–H groups in total. The molecule has 0 unspecified atom stereocenters. The van der Waals surface area contributed by atoms with E-state index in [2.05, 4.69) is 51.2 Å². The molecule has 0 aromatic heterocycles. The second kappa shape index (κ2) is 6.57. The van der Waals surface area contributed by atoms with Gasteiger partial charge in [0.1, 0.15) is 0 Å². The maximum Gasteiger partial charge on any atom is 0.0372 e. The predicted molar refractivity (Wildman–Crippen MR) is 73.1 cm³/mol. The second-order valence-corrected chi connectivity index (χ2v) is 4.74. The number of benzene rings is 1. The first kappa shape index (κ1) is 13.1. The van der Waals surface area contributed by atoms with Gasteiger partial charge in [-0.15, -0.1) is 0 Å². The summed E-state index contributed by atoms with van der Waals surface area (Å²) in [6, 6.07) is 7.28. The fourth-order valence-electron chi connectivity index (χ4n) is 2.18. The lowest BCUT2D eigenvalue weighted by molar-refractivity contribution is 0.586. The normalized spacial score (nSPS) is 10.8. The highest BCUT2D eigenvalue weighted by atomic mass is 14.9. The van der Waals surface area contributed by atoms with Crippen molar-refractivity contribution >= 4 is 5.69 Å². The van der Waals surface area contributed by atoms with Crippen molar-refractivity contribution in [3.8, 4) is 0 Å². The molecule has 0 fully saturated rings. The molecule has 0 aliphatic heterocycles. The Labute approximate surface area is 100 Å². The van der Waals surface area contributed by atoms with E-state index >= 15 is 0 Å². The van der Waals surface area contributed by atoms with E-state index in [0.29, 0.717) is 6.04 Å². The van der Waals surface area contributed by atoms with Crippen LogP contribution in [0.3, 0.4) is 0 Å². The summed E-state index contributed by atoms with van der Waals surface area (Å²) in [7, 11) is 0. The average molecular weight is 219 g/mol. The maximum absolute atomic E-state index is 3.68.